The summed E-state index contributed by atoms with van der Waals surface area (Å²) in [5, 5.41) is 0. The molecule has 0 saturated carbocycles. The van der Waals surface area contributed by atoms with Crippen LogP contribution in [0.25, 0.3) is 0 Å². The number of benzene rings is 1. The zero-order valence-corrected chi connectivity index (χ0v) is 15.3. The highest BCUT2D eigenvalue weighted by Gasteiger charge is 2.33. The second-order valence-corrected chi connectivity index (χ2v) is 5.69. The predicted octanol–water partition coefficient (Wildman–Crippen LogP) is 2.17. The molecule has 1 atom stereocenters. The highest BCUT2D eigenvalue weighted by Crippen LogP contribution is 2.30. The largest absolute Gasteiger partial charge is 0.467 e. The minimum atomic E-state index is -0.767. The molecule has 0 fully saturated rings. The number of methoxy groups -OCH3 is 3. The lowest BCUT2D eigenvalue weighted by Gasteiger charge is -2.32. The molecule has 0 heterocycles. The number of anilines is 1. The number of rotatable bonds is 8. The normalized spacial score (nSPS) is 11.9. The van der Waals surface area contributed by atoms with Crippen LogP contribution in [0, 0.1) is 20.8 Å². The van der Waals surface area contributed by atoms with Crippen LogP contribution in [0.15, 0.2) is 12.1 Å². The summed E-state index contributed by atoms with van der Waals surface area (Å²) >= 11 is 0. The van der Waals surface area contributed by atoms with E-state index in [1.54, 1.807) is 7.11 Å². The molecule has 1 amide bonds. The van der Waals surface area contributed by atoms with Crippen molar-refractivity contribution < 1.29 is 23.8 Å². The van der Waals surface area contributed by atoms with Gasteiger partial charge in [0.1, 0.15) is 12.6 Å². The minimum Gasteiger partial charge on any atom is -0.467 e. The van der Waals surface area contributed by atoms with Crippen LogP contribution in [-0.4, -0.2) is 52.5 Å². The average molecular weight is 337 g/mol. The number of carbonyl (C=O) groups excluding carboxylic acids is 2. The van der Waals surface area contributed by atoms with Gasteiger partial charge >= 0.3 is 5.97 Å². The lowest BCUT2D eigenvalue weighted by atomic mass is 10.00. The lowest BCUT2D eigenvalue weighted by Crippen LogP contribution is -2.48. The Morgan fingerprint density at radius 3 is 2.21 bits per heavy atom. The molecular weight excluding hydrogens is 310 g/mol. The van der Waals surface area contributed by atoms with E-state index in [4.69, 9.17) is 14.2 Å². The van der Waals surface area contributed by atoms with Crippen molar-refractivity contribution in [2.45, 2.75) is 33.2 Å². The number of esters is 1. The van der Waals surface area contributed by atoms with Crippen molar-refractivity contribution in [1.82, 2.24) is 0 Å². The molecule has 0 aliphatic carbocycles. The van der Waals surface area contributed by atoms with Crippen molar-refractivity contribution in [1.29, 1.82) is 0 Å². The Bertz CT molecular complexity index is 585. The fourth-order valence-electron chi connectivity index (χ4n) is 2.67. The predicted molar refractivity (Wildman–Crippen MR) is 92.3 cm³/mol. The van der Waals surface area contributed by atoms with Crippen LogP contribution in [0.4, 0.5) is 5.69 Å². The van der Waals surface area contributed by atoms with E-state index >= 15 is 0 Å². The number of ether oxygens (including phenoxy) is 3. The fraction of sp³-hybridized carbons (Fsp3) is 0.556. The maximum atomic E-state index is 12.7. The molecule has 0 radical (unpaired) electrons. The number of nitrogens with zero attached hydrogens (tertiary/aromatic N) is 1. The van der Waals surface area contributed by atoms with E-state index < -0.39 is 12.0 Å². The summed E-state index contributed by atoms with van der Waals surface area (Å²) in [5.74, 6) is -0.766. The van der Waals surface area contributed by atoms with Crippen molar-refractivity contribution in [2.24, 2.45) is 0 Å². The standard InChI is InChI=1S/C18H27NO5/c1-12-7-8-13(2)17(14(12)3)19(16(20)11-23-5)15(9-10-22-4)18(21)24-6/h7-8,15H,9-11H2,1-6H3. The van der Waals surface area contributed by atoms with Crippen LogP contribution >= 0.6 is 0 Å². The second kappa shape index (κ2) is 9.39. The molecule has 0 aromatic heterocycles. The van der Waals surface area contributed by atoms with Gasteiger partial charge in [-0.1, -0.05) is 12.1 Å². The molecule has 1 rings (SSSR count). The molecule has 1 aromatic carbocycles. The van der Waals surface area contributed by atoms with Gasteiger partial charge in [-0.3, -0.25) is 9.69 Å². The first kappa shape index (κ1) is 20.1. The first-order valence-corrected chi connectivity index (χ1v) is 7.83. The molecule has 0 saturated heterocycles. The van der Waals surface area contributed by atoms with E-state index in [9.17, 15) is 9.59 Å². The Hall–Kier alpha value is -1.92. The molecule has 0 N–H and O–H groups in total. The average Bonchev–Trinajstić information content (AvgIpc) is 2.56. The fourth-order valence-corrected chi connectivity index (χ4v) is 2.67. The van der Waals surface area contributed by atoms with Crippen LogP contribution in [0.2, 0.25) is 0 Å². The smallest absolute Gasteiger partial charge is 0.329 e. The molecular formula is C18H27NO5. The van der Waals surface area contributed by atoms with Gasteiger partial charge in [0.2, 0.25) is 0 Å². The minimum absolute atomic E-state index is 0.118. The monoisotopic (exact) mass is 337 g/mol. The van der Waals surface area contributed by atoms with Gasteiger partial charge in [-0.05, 0) is 37.5 Å². The van der Waals surface area contributed by atoms with Gasteiger partial charge in [-0.2, -0.15) is 0 Å². The van der Waals surface area contributed by atoms with Crippen LogP contribution < -0.4 is 4.90 Å². The van der Waals surface area contributed by atoms with E-state index in [0.717, 1.165) is 22.4 Å². The molecule has 0 aliphatic rings. The van der Waals surface area contributed by atoms with Crippen LogP contribution in [0.5, 0.6) is 0 Å². The van der Waals surface area contributed by atoms with Crippen LogP contribution in [-0.2, 0) is 23.8 Å². The number of carbonyl (C=O) groups is 2. The molecule has 134 valence electrons. The summed E-state index contributed by atoms with van der Waals surface area (Å²) in [6.07, 6.45) is 0.339. The van der Waals surface area contributed by atoms with Gasteiger partial charge in [0.05, 0.1) is 12.8 Å². The van der Waals surface area contributed by atoms with Crippen molar-refractivity contribution >= 4 is 17.6 Å². The molecule has 6 heteroatoms. The number of hydrogen-bond donors (Lipinski definition) is 0. The van der Waals surface area contributed by atoms with Gasteiger partial charge in [0.25, 0.3) is 5.91 Å². The SMILES string of the molecule is COCCC(C(=O)OC)N(C(=O)COC)c1c(C)ccc(C)c1C. The van der Waals surface area contributed by atoms with E-state index in [0.29, 0.717) is 13.0 Å². The second-order valence-electron chi connectivity index (χ2n) is 5.69. The molecule has 0 aliphatic heterocycles. The Balaban J connectivity index is 3.47. The zero-order chi connectivity index (χ0) is 18.3. The zero-order valence-electron chi connectivity index (χ0n) is 15.3. The van der Waals surface area contributed by atoms with Gasteiger partial charge in [-0.15, -0.1) is 0 Å². The first-order valence-electron chi connectivity index (χ1n) is 7.83. The topological polar surface area (TPSA) is 65.1 Å². The number of amides is 1. The summed E-state index contributed by atoms with van der Waals surface area (Å²) in [6.45, 7) is 6.04. The van der Waals surface area contributed by atoms with Crippen molar-refractivity contribution in [3.05, 3.63) is 28.8 Å². The summed E-state index contributed by atoms with van der Waals surface area (Å²) in [5.41, 5.74) is 3.63. The number of hydrogen-bond acceptors (Lipinski definition) is 5. The van der Waals surface area contributed by atoms with Crippen molar-refractivity contribution in [3.8, 4) is 0 Å². The van der Waals surface area contributed by atoms with Gasteiger partial charge in [0.15, 0.2) is 0 Å². The Labute approximate surface area is 143 Å². The Morgan fingerprint density at radius 2 is 1.67 bits per heavy atom. The summed E-state index contributed by atoms with van der Waals surface area (Å²) < 4.78 is 15.0. The highest BCUT2D eigenvalue weighted by atomic mass is 16.5. The summed E-state index contributed by atoms with van der Waals surface area (Å²) in [4.78, 5) is 26.6. The van der Waals surface area contributed by atoms with E-state index in [2.05, 4.69) is 0 Å². The maximum Gasteiger partial charge on any atom is 0.329 e. The third-order valence-corrected chi connectivity index (χ3v) is 4.06. The summed E-state index contributed by atoms with van der Waals surface area (Å²) in [6, 6.07) is 3.17. The molecule has 1 unspecified atom stereocenters. The third kappa shape index (κ3) is 4.55. The van der Waals surface area contributed by atoms with Crippen LogP contribution in [0.1, 0.15) is 23.1 Å². The van der Waals surface area contributed by atoms with Gasteiger partial charge in [-0.25, -0.2) is 4.79 Å². The quantitative estimate of drug-likeness (QED) is 0.680. The molecule has 1 aromatic rings. The van der Waals surface area contributed by atoms with E-state index in [1.807, 2.05) is 32.9 Å². The maximum absolute atomic E-state index is 12.7. The van der Waals surface area contributed by atoms with Crippen molar-refractivity contribution in [2.75, 3.05) is 39.4 Å². The molecule has 6 nitrogen and oxygen atoms in total. The highest BCUT2D eigenvalue weighted by molar-refractivity contribution is 6.01. The first-order chi connectivity index (χ1) is 11.4. The molecule has 0 spiro atoms. The van der Waals surface area contributed by atoms with Gasteiger partial charge < -0.3 is 14.2 Å². The third-order valence-electron chi connectivity index (χ3n) is 4.06. The lowest BCUT2D eigenvalue weighted by molar-refractivity contribution is -0.144. The van der Waals surface area contributed by atoms with E-state index in [1.165, 1.54) is 19.1 Å². The van der Waals surface area contributed by atoms with Gasteiger partial charge in [0, 0.05) is 27.2 Å². The molecule has 0 bridgehead atoms. The number of aryl methyl sites for hydroxylation is 2. The van der Waals surface area contributed by atoms with Crippen molar-refractivity contribution in [3.63, 3.8) is 0 Å². The Kier molecular flexibility index (Phi) is 7.88. The summed E-state index contributed by atoms with van der Waals surface area (Å²) in [7, 11) is 4.32. The molecule has 24 heavy (non-hydrogen) atoms. The Morgan fingerprint density at radius 1 is 1.04 bits per heavy atom. The van der Waals surface area contributed by atoms with Crippen LogP contribution in [0.3, 0.4) is 0 Å². The van der Waals surface area contributed by atoms with E-state index in [-0.39, 0.29) is 12.5 Å².